The van der Waals surface area contributed by atoms with Crippen molar-refractivity contribution >= 4 is 5.91 Å². The molecule has 1 aromatic carbocycles. The second kappa shape index (κ2) is 6.29. The normalized spacial score (nSPS) is 10.8. The summed E-state index contributed by atoms with van der Waals surface area (Å²) in [5, 5.41) is 2.76. The Morgan fingerprint density at radius 3 is 2.70 bits per heavy atom. The van der Waals surface area contributed by atoms with Gasteiger partial charge in [-0.2, -0.15) is 0 Å². The van der Waals surface area contributed by atoms with Gasteiger partial charge in [-0.05, 0) is 38.4 Å². The first-order valence-corrected chi connectivity index (χ1v) is 6.20. The Balaban J connectivity index is 2.12. The van der Waals surface area contributed by atoms with Gasteiger partial charge in [-0.15, -0.1) is 0 Å². The minimum atomic E-state index is -0.342. The highest BCUT2D eigenvalue weighted by atomic mass is 19.1. The molecule has 1 heterocycles. The third-order valence-electron chi connectivity index (χ3n) is 2.73. The zero-order chi connectivity index (χ0) is 14.5. The second-order valence-electron chi connectivity index (χ2n) is 4.60. The first-order chi connectivity index (χ1) is 9.58. The van der Waals surface area contributed by atoms with Crippen LogP contribution in [0, 0.1) is 5.82 Å². The number of likely N-dealkylation sites (N-methyl/N-ethyl adjacent to an activating group) is 1. The fourth-order valence-corrected chi connectivity index (χ4v) is 1.69. The molecule has 1 aromatic heterocycles. The molecule has 2 rings (SSSR count). The predicted octanol–water partition coefficient (Wildman–Crippen LogP) is 1.77. The Morgan fingerprint density at radius 2 is 2.05 bits per heavy atom. The average molecular weight is 277 g/mol. The maximum Gasteiger partial charge on any atom is 0.273 e. The Hall–Kier alpha value is -2.21. The van der Waals surface area contributed by atoms with Crippen molar-refractivity contribution < 1.29 is 13.6 Å². The molecule has 0 radical (unpaired) electrons. The van der Waals surface area contributed by atoms with Gasteiger partial charge in [0.2, 0.25) is 0 Å². The van der Waals surface area contributed by atoms with Crippen molar-refractivity contribution in [3.8, 4) is 11.3 Å². The van der Waals surface area contributed by atoms with Gasteiger partial charge in [0, 0.05) is 18.7 Å². The summed E-state index contributed by atoms with van der Waals surface area (Å²) in [5.41, 5.74) is 0.817. The molecule has 106 valence electrons. The number of oxazole rings is 1. The lowest BCUT2D eigenvalue weighted by atomic mass is 10.1. The molecule has 0 saturated carbocycles. The number of nitrogens with zero attached hydrogens (tertiary/aromatic N) is 2. The zero-order valence-electron chi connectivity index (χ0n) is 11.4. The molecule has 0 aliphatic carbocycles. The predicted molar refractivity (Wildman–Crippen MR) is 72.8 cm³/mol. The number of carbonyl (C=O) groups excluding carboxylic acids is 1. The van der Waals surface area contributed by atoms with Gasteiger partial charge >= 0.3 is 0 Å². The fraction of sp³-hybridized carbons (Fsp3) is 0.286. The van der Waals surface area contributed by atoms with Gasteiger partial charge in [0.15, 0.2) is 17.8 Å². The molecular weight excluding hydrogens is 261 g/mol. The van der Waals surface area contributed by atoms with E-state index in [1.807, 2.05) is 19.0 Å². The molecule has 0 aliphatic rings. The van der Waals surface area contributed by atoms with E-state index >= 15 is 0 Å². The van der Waals surface area contributed by atoms with E-state index in [1.165, 1.54) is 18.5 Å². The molecule has 0 unspecified atom stereocenters. The third-order valence-corrected chi connectivity index (χ3v) is 2.73. The maximum absolute atomic E-state index is 12.9. The molecule has 1 amide bonds. The smallest absolute Gasteiger partial charge is 0.273 e. The summed E-state index contributed by atoms with van der Waals surface area (Å²) < 4.78 is 18.1. The Bertz CT molecular complexity index is 578. The first kappa shape index (κ1) is 14.2. The number of benzene rings is 1. The van der Waals surface area contributed by atoms with Crippen molar-refractivity contribution in [2.75, 3.05) is 27.2 Å². The van der Waals surface area contributed by atoms with Crippen molar-refractivity contribution in [1.29, 1.82) is 0 Å². The molecule has 0 saturated heterocycles. The van der Waals surface area contributed by atoms with E-state index in [2.05, 4.69) is 10.3 Å². The molecule has 1 N–H and O–H groups in total. The molecule has 0 bridgehead atoms. The number of halogens is 1. The number of rotatable bonds is 5. The van der Waals surface area contributed by atoms with E-state index in [0.29, 0.717) is 17.9 Å². The summed E-state index contributed by atoms with van der Waals surface area (Å²) in [6.07, 6.45) is 1.21. The van der Waals surface area contributed by atoms with Crippen molar-refractivity contribution in [3.63, 3.8) is 0 Å². The van der Waals surface area contributed by atoms with Crippen LogP contribution < -0.4 is 5.32 Å². The van der Waals surface area contributed by atoms with Gasteiger partial charge in [-0.25, -0.2) is 9.37 Å². The summed E-state index contributed by atoms with van der Waals surface area (Å²) in [4.78, 5) is 17.9. The summed E-state index contributed by atoms with van der Waals surface area (Å²) >= 11 is 0. The highest BCUT2D eigenvalue weighted by Gasteiger charge is 2.17. The minimum absolute atomic E-state index is 0.204. The van der Waals surface area contributed by atoms with Crippen molar-refractivity contribution in [2.24, 2.45) is 0 Å². The van der Waals surface area contributed by atoms with E-state index in [1.54, 1.807) is 12.1 Å². The van der Waals surface area contributed by atoms with Crippen LogP contribution in [0.3, 0.4) is 0 Å². The first-order valence-electron chi connectivity index (χ1n) is 6.20. The summed E-state index contributed by atoms with van der Waals surface area (Å²) in [6.45, 7) is 1.25. The lowest BCUT2D eigenvalue weighted by molar-refractivity contribution is 0.0947. The topological polar surface area (TPSA) is 58.4 Å². The molecule has 6 heteroatoms. The fourth-order valence-electron chi connectivity index (χ4n) is 1.69. The molecule has 2 aromatic rings. The van der Waals surface area contributed by atoms with Gasteiger partial charge in [-0.3, -0.25) is 4.79 Å². The SMILES string of the molecule is CN(C)CCNC(=O)c1ncoc1-c1ccc(F)cc1. The highest BCUT2D eigenvalue weighted by Crippen LogP contribution is 2.23. The Morgan fingerprint density at radius 1 is 1.35 bits per heavy atom. The standard InChI is InChI=1S/C14H16FN3O2/c1-18(2)8-7-16-14(19)12-13(20-9-17-12)10-3-5-11(15)6-4-10/h3-6,9H,7-8H2,1-2H3,(H,16,19). The van der Waals surface area contributed by atoms with Crippen LogP contribution in [0.4, 0.5) is 4.39 Å². The number of amides is 1. The number of carbonyl (C=O) groups is 1. The Labute approximate surface area is 116 Å². The van der Waals surface area contributed by atoms with Crippen LogP contribution in [0.1, 0.15) is 10.5 Å². The van der Waals surface area contributed by atoms with Crippen LogP contribution in [0.15, 0.2) is 35.1 Å². The highest BCUT2D eigenvalue weighted by molar-refractivity contribution is 5.97. The molecule has 0 aliphatic heterocycles. The average Bonchev–Trinajstić information content (AvgIpc) is 2.88. The zero-order valence-corrected chi connectivity index (χ0v) is 11.4. The monoisotopic (exact) mass is 277 g/mol. The van der Waals surface area contributed by atoms with Crippen LogP contribution in [0.2, 0.25) is 0 Å². The molecule has 20 heavy (non-hydrogen) atoms. The number of aromatic nitrogens is 1. The van der Waals surface area contributed by atoms with E-state index in [9.17, 15) is 9.18 Å². The number of hydrogen-bond acceptors (Lipinski definition) is 4. The van der Waals surface area contributed by atoms with E-state index in [4.69, 9.17) is 4.42 Å². The van der Waals surface area contributed by atoms with Gasteiger partial charge in [0.1, 0.15) is 5.82 Å². The number of hydrogen-bond donors (Lipinski definition) is 1. The van der Waals surface area contributed by atoms with E-state index in [-0.39, 0.29) is 17.4 Å². The van der Waals surface area contributed by atoms with Gasteiger partial charge in [0.05, 0.1) is 0 Å². The van der Waals surface area contributed by atoms with Crippen LogP contribution in [-0.4, -0.2) is 43.0 Å². The van der Waals surface area contributed by atoms with Crippen molar-refractivity contribution in [1.82, 2.24) is 15.2 Å². The van der Waals surface area contributed by atoms with Crippen LogP contribution in [0.5, 0.6) is 0 Å². The Kier molecular flexibility index (Phi) is 4.47. The molecule has 5 nitrogen and oxygen atoms in total. The summed E-state index contributed by atoms with van der Waals surface area (Å²) in [6, 6.07) is 5.72. The lowest BCUT2D eigenvalue weighted by Crippen LogP contribution is -2.31. The second-order valence-corrected chi connectivity index (χ2v) is 4.60. The van der Waals surface area contributed by atoms with Crippen LogP contribution in [-0.2, 0) is 0 Å². The summed E-state index contributed by atoms with van der Waals surface area (Å²) in [7, 11) is 3.85. The maximum atomic E-state index is 12.9. The molecule has 0 fully saturated rings. The summed E-state index contributed by atoms with van der Waals surface area (Å²) in [5.74, 6) is -0.308. The molecule has 0 spiro atoms. The minimum Gasteiger partial charge on any atom is -0.443 e. The van der Waals surface area contributed by atoms with Crippen molar-refractivity contribution in [2.45, 2.75) is 0 Å². The third kappa shape index (κ3) is 3.42. The van der Waals surface area contributed by atoms with E-state index < -0.39 is 0 Å². The van der Waals surface area contributed by atoms with Gasteiger partial charge in [0.25, 0.3) is 5.91 Å². The molecule has 0 atom stereocenters. The largest absolute Gasteiger partial charge is 0.443 e. The van der Waals surface area contributed by atoms with Gasteiger partial charge < -0.3 is 14.6 Å². The quantitative estimate of drug-likeness (QED) is 0.905. The molecular formula is C14H16FN3O2. The van der Waals surface area contributed by atoms with Crippen LogP contribution >= 0.6 is 0 Å². The van der Waals surface area contributed by atoms with E-state index in [0.717, 1.165) is 6.54 Å². The number of nitrogens with one attached hydrogen (secondary N) is 1. The van der Waals surface area contributed by atoms with Crippen molar-refractivity contribution in [3.05, 3.63) is 42.2 Å². The van der Waals surface area contributed by atoms with Gasteiger partial charge in [-0.1, -0.05) is 0 Å². The lowest BCUT2D eigenvalue weighted by Gasteiger charge is -2.09. The van der Waals surface area contributed by atoms with Crippen LogP contribution in [0.25, 0.3) is 11.3 Å².